The smallest absolute Gasteiger partial charge is 0.337 e. The van der Waals surface area contributed by atoms with Crippen LogP contribution >= 0.6 is 0 Å². The van der Waals surface area contributed by atoms with Gasteiger partial charge in [-0.2, -0.15) is 0 Å². The molecule has 0 unspecified atom stereocenters. The van der Waals surface area contributed by atoms with Crippen LogP contribution in [0.2, 0.25) is 0 Å². The molecule has 0 spiro atoms. The summed E-state index contributed by atoms with van der Waals surface area (Å²) in [4.78, 5) is 34.6. The Labute approximate surface area is 179 Å². The number of hydrogen-bond acceptors (Lipinski definition) is 11. The zero-order valence-corrected chi connectivity index (χ0v) is 17.5. The average molecular weight is 430 g/mol. The molecule has 166 valence electrons. The fraction of sp³-hybridized carbons (Fsp3) is 0.400. The van der Waals surface area contributed by atoms with E-state index in [9.17, 15) is 9.59 Å². The SMILES string of the molecule is COC(=O)c1cc(Nc2ncnc(NCCN3CCOCC3)c2N)cc(C(=O)OC)c1. The highest BCUT2D eigenvalue weighted by molar-refractivity contribution is 5.97. The summed E-state index contributed by atoms with van der Waals surface area (Å²) >= 11 is 0. The summed E-state index contributed by atoms with van der Waals surface area (Å²) in [5.41, 5.74) is 7.34. The number of carbonyl (C=O) groups is 2. The lowest BCUT2D eigenvalue weighted by molar-refractivity contribution is 0.0398. The second-order valence-corrected chi connectivity index (χ2v) is 6.77. The van der Waals surface area contributed by atoms with Crippen molar-refractivity contribution in [3.05, 3.63) is 35.7 Å². The summed E-state index contributed by atoms with van der Waals surface area (Å²) in [5.74, 6) is -0.352. The molecule has 2 heterocycles. The van der Waals surface area contributed by atoms with Gasteiger partial charge in [-0.3, -0.25) is 4.90 Å². The van der Waals surface area contributed by atoms with Gasteiger partial charge in [-0.1, -0.05) is 0 Å². The minimum absolute atomic E-state index is 0.185. The normalized spacial score (nSPS) is 14.0. The number of nitrogens with two attached hydrogens (primary N) is 1. The molecule has 3 rings (SSSR count). The van der Waals surface area contributed by atoms with Gasteiger partial charge in [0.15, 0.2) is 11.6 Å². The first-order valence-electron chi connectivity index (χ1n) is 9.75. The predicted molar refractivity (Wildman–Crippen MR) is 115 cm³/mol. The topological polar surface area (TPSA) is 141 Å². The molecule has 1 aromatic carbocycles. The maximum absolute atomic E-state index is 12.0. The van der Waals surface area contributed by atoms with E-state index in [1.807, 2.05) is 0 Å². The molecule has 1 saturated heterocycles. The molecular weight excluding hydrogens is 404 g/mol. The van der Waals surface area contributed by atoms with Crippen LogP contribution in [0, 0.1) is 0 Å². The van der Waals surface area contributed by atoms with Crippen molar-refractivity contribution in [3.63, 3.8) is 0 Å². The van der Waals surface area contributed by atoms with Crippen LogP contribution in [-0.2, 0) is 14.2 Å². The molecule has 0 amide bonds. The maximum atomic E-state index is 12.0. The first kappa shape index (κ1) is 22.2. The summed E-state index contributed by atoms with van der Waals surface area (Å²) in [6.07, 6.45) is 1.38. The zero-order chi connectivity index (χ0) is 22.2. The predicted octanol–water partition coefficient (Wildman–Crippen LogP) is 1.12. The Kier molecular flexibility index (Phi) is 7.57. The second-order valence-electron chi connectivity index (χ2n) is 6.77. The molecule has 1 aliphatic heterocycles. The number of ether oxygens (including phenoxy) is 3. The second kappa shape index (κ2) is 10.5. The van der Waals surface area contributed by atoms with Gasteiger partial charge < -0.3 is 30.6 Å². The third-order valence-electron chi connectivity index (χ3n) is 4.75. The van der Waals surface area contributed by atoms with E-state index >= 15 is 0 Å². The van der Waals surface area contributed by atoms with Crippen LogP contribution in [0.15, 0.2) is 24.5 Å². The highest BCUT2D eigenvalue weighted by Gasteiger charge is 2.16. The van der Waals surface area contributed by atoms with E-state index in [-0.39, 0.29) is 11.1 Å². The first-order chi connectivity index (χ1) is 15.0. The number of esters is 2. The summed E-state index contributed by atoms with van der Waals surface area (Å²) in [7, 11) is 2.52. The minimum atomic E-state index is -0.588. The number of nitrogens with one attached hydrogen (secondary N) is 2. The van der Waals surface area contributed by atoms with Crippen molar-refractivity contribution in [2.45, 2.75) is 0 Å². The summed E-state index contributed by atoms with van der Waals surface area (Å²) in [6, 6.07) is 4.46. The lowest BCUT2D eigenvalue weighted by atomic mass is 10.1. The number of morpholine rings is 1. The largest absolute Gasteiger partial charge is 0.465 e. The molecule has 0 aliphatic carbocycles. The van der Waals surface area contributed by atoms with Crippen LogP contribution in [-0.4, -0.2) is 80.4 Å². The molecule has 11 heteroatoms. The molecule has 2 aromatic rings. The van der Waals surface area contributed by atoms with Crippen molar-refractivity contribution >= 4 is 34.9 Å². The first-order valence-corrected chi connectivity index (χ1v) is 9.75. The minimum Gasteiger partial charge on any atom is -0.465 e. The molecule has 11 nitrogen and oxygen atoms in total. The van der Waals surface area contributed by atoms with E-state index in [1.165, 1.54) is 38.7 Å². The Morgan fingerprint density at radius 2 is 1.68 bits per heavy atom. The Morgan fingerprint density at radius 3 is 2.29 bits per heavy atom. The number of hydrogen-bond donors (Lipinski definition) is 3. The van der Waals surface area contributed by atoms with Crippen LogP contribution in [0.4, 0.5) is 23.0 Å². The van der Waals surface area contributed by atoms with E-state index in [1.54, 1.807) is 0 Å². The number of carbonyl (C=O) groups excluding carboxylic acids is 2. The lowest BCUT2D eigenvalue weighted by Gasteiger charge is -2.26. The molecule has 0 bridgehead atoms. The highest BCUT2D eigenvalue weighted by Crippen LogP contribution is 2.27. The molecule has 0 saturated carbocycles. The van der Waals surface area contributed by atoms with E-state index in [2.05, 4.69) is 25.5 Å². The summed E-state index contributed by atoms with van der Waals surface area (Å²) in [5, 5.41) is 6.25. The van der Waals surface area contributed by atoms with Crippen molar-refractivity contribution in [2.24, 2.45) is 0 Å². The van der Waals surface area contributed by atoms with Crippen molar-refractivity contribution in [1.29, 1.82) is 0 Å². The number of methoxy groups -OCH3 is 2. The molecule has 0 radical (unpaired) electrons. The van der Waals surface area contributed by atoms with Gasteiger partial charge in [-0.05, 0) is 18.2 Å². The summed E-state index contributed by atoms with van der Waals surface area (Å²) in [6.45, 7) is 4.76. The van der Waals surface area contributed by atoms with Gasteiger partial charge in [0.2, 0.25) is 0 Å². The van der Waals surface area contributed by atoms with Gasteiger partial charge in [-0.15, -0.1) is 0 Å². The van der Waals surface area contributed by atoms with Crippen LogP contribution in [0.25, 0.3) is 0 Å². The van der Waals surface area contributed by atoms with Crippen LogP contribution in [0.5, 0.6) is 0 Å². The Hall–Kier alpha value is -3.44. The van der Waals surface area contributed by atoms with Gasteiger partial charge in [-0.25, -0.2) is 19.6 Å². The van der Waals surface area contributed by atoms with Gasteiger partial charge in [0.25, 0.3) is 0 Å². The maximum Gasteiger partial charge on any atom is 0.337 e. The molecule has 0 atom stereocenters. The van der Waals surface area contributed by atoms with Gasteiger partial charge in [0.1, 0.15) is 12.0 Å². The number of nitrogens with zero attached hydrogens (tertiary/aromatic N) is 3. The fourth-order valence-electron chi connectivity index (χ4n) is 3.10. The Bertz CT molecular complexity index is 898. The number of aromatic nitrogens is 2. The average Bonchev–Trinajstić information content (AvgIpc) is 2.80. The van der Waals surface area contributed by atoms with E-state index in [0.29, 0.717) is 29.6 Å². The van der Waals surface area contributed by atoms with Crippen molar-refractivity contribution in [2.75, 3.05) is 70.0 Å². The highest BCUT2D eigenvalue weighted by atomic mass is 16.5. The van der Waals surface area contributed by atoms with Crippen molar-refractivity contribution in [1.82, 2.24) is 14.9 Å². The number of benzene rings is 1. The molecular formula is C20H26N6O5. The van der Waals surface area contributed by atoms with Crippen LogP contribution in [0.1, 0.15) is 20.7 Å². The van der Waals surface area contributed by atoms with Gasteiger partial charge in [0.05, 0.1) is 38.6 Å². The lowest BCUT2D eigenvalue weighted by Crippen LogP contribution is -2.39. The monoisotopic (exact) mass is 430 g/mol. The number of rotatable bonds is 8. The van der Waals surface area contributed by atoms with Crippen molar-refractivity contribution in [3.8, 4) is 0 Å². The fourth-order valence-corrected chi connectivity index (χ4v) is 3.10. The Morgan fingerprint density at radius 1 is 1.06 bits per heavy atom. The van der Waals surface area contributed by atoms with Crippen molar-refractivity contribution < 1.29 is 23.8 Å². The quantitative estimate of drug-likeness (QED) is 0.519. The standard InChI is InChI=1S/C20H26N6O5/c1-29-19(27)13-9-14(20(28)30-2)11-15(10-13)25-18-16(21)17(23-12-24-18)22-3-4-26-5-7-31-8-6-26/h9-12H,3-8,21H2,1-2H3,(H2,22,23,24,25). The summed E-state index contributed by atoms with van der Waals surface area (Å²) < 4.78 is 14.9. The molecule has 1 fully saturated rings. The number of nitrogen functional groups attached to an aromatic ring is 1. The van der Waals surface area contributed by atoms with Crippen LogP contribution in [0.3, 0.4) is 0 Å². The molecule has 4 N–H and O–H groups in total. The third-order valence-corrected chi connectivity index (χ3v) is 4.75. The van der Waals surface area contributed by atoms with Crippen LogP contribution < -0.4 is 16.4 Å². The third kappa shape index (κ3) is 5.80. The van der Waals surface area contributed by atoms with E-state index < -0.39 is 11.9 Å². The molecule has 1 aliphatic rings. The Balaban J connectivity index is 1.75. The van der Waals surface area contributed by atoms with Gasteiger partial charge >= 0.3 is 11.9 Å². The van der Waals surface area contributed by atoms with E-state index in [4.69, 9.17) is 19.9 Å². The number of anilines is 4. The molecule has 31 heavy (non-hydrogen) atoms. The van der Waals surface area contributed by atoms with E-state index in [0.717, 1.165) is 32.8 Å². The van der Waals surface area contributed by atoms with Gasteiger partial charge in [0, 0.05) is 31.9 Å². The zero-order valence-electron chi connectivity index (χ0n) is 17.5. The molecule has 1 aromatic heterocycles.